The first-order valence-corrected chi connectivity index (χ1v) is 8.68. The summed E-state index contributed by atoms with van der Waals surface area (Å²) < 4.78 is 6.07. The average Bonchev–Trinajstić information content (AvgIpc) is 3.01. The van der Waals surface area contributed by atoms with Gasteiger partial charge in [0.15, 0.2) is 5.13 Å². The number of thiazole rings is 1. The summed E-state index contributed by atoms with van der Waals surface area (Å²) in [5.41, 5.74) is 1.11. The molecule has 0 aliphatic rings. The maximum absolute atomic E-state index is 12.4. The molecule has 7 heteroatoms. The topological polar surface area (TPSA) is 68.3 Å². The second-order valence-electron chi connectivity index (χ2n) is 5.09. The van der Waals surface area contributed by atoms with Gasteiger partial charge in [-0.1, -0.05) is 53.8 Å². The van der Waals surface area contributed by atoms with Crippen LogP contribution in [0.4, 0.5) is 5.13 Å². The number of nitrogens with one attached hydrogen (secondary N) is 1. The zero-order chi connectivity index (χ0) is 17.6. The van der Waals surface area contributed by atoms with E-state index in [1.807, 2.05) is 30.3 Å². The molecule has 3 aromatic rings. The summed E-state index contributed by atoms with van der Waals surface area (Å²) in [5, 5.41) is 3.10. The number of amides is 1. The molecule has 0 spiro atoms. The van der Waals surface area contributed by atoms with Crippen LogP contribution in [-0.4, -0.2) is 16.9 Å². The second-order valence-corrected chi connectivity index (χ2v) is 6.91. The Morgan fingerprint density at radius 1 is 1.08 bits per heavy atom. The number of anilines is 1. The Kier molecular flexibility index (Phi) is 5.47. The van der Waals surface area contributed by atoms with E-state index in [1.54, 1.807) is 30.5 Å². The lowest BCUT2D eigenvalue weighted by atomic mass is 10.1. The minimum Gasteiger partial charge on any atom is -0.425 e. The monoisotopic (exact) mass is 370 g/mol. The first-order valence-electron chi connectivity index (χ1n) is 7.41. The number of aromatic nitrogens is 1. The lowest BCUT2D eigenvalue weighted by Crippen LogP contribution is -2.17. The lowest BCUT2D eigenvalue weighted by Gasteiger charge is -2.09. The van der Waals surface area contributed by atoms with Gasteiger partial charge in [-0.15, -0.1) is 12.6 Å². The van der Waals surface area contributed by atoms with Crippen molar-refractivity contribution in [3.63, 3.8) is 0 Å². The molecule has 1 N–H and O–H groups in total. The quantitative estimate of drug-likeness (QED) is 0.407. The normalized spacial score (nSPS) is 10.3. The van der Waals surface area contributed by atoms with Crippen LogP contribution >= 0.6 is 24.0 Å². The van der Waals surface area contributed by atoms with Crippen LogP contribution in [0.2, 0.25) is 0 Å². The number of carbonyl (C=O) groups excluding carboxylic acids is 2. The van der Waals surface area contributed by atoms with E-state index in [9.17, 15) is 9.59 Å². The van der Waals surface area contributed by atoms with E-state index in [0.717, 1.165) is 5.56 Å². The minimum atomic E-state index is -0.432. The van der Waals surface area contributed by atoms with Crippen LogP contribution in [0.3, 0.4) is 0 Å². The fraction of sp³-hybridized carbons (Fsp3) is 0.0556. The third kappa shape index (κ3) is 4.68. The van der Waals surface area contributed by atoms with Gasteiger partial charge in [-0.25, -0.2) is 4.98 Å². The van der Waals surface area contributed by atoms with Gasteiger partial charge in [-0.05, 0) is 17.7 Å². The largest absolute Gasteiger partial charge is 0.425 e. The van der Waals surface area contributed by atoms with Gasteiger partial charge in [0.1, 0.15) is 5.75 Å². The first kappa shape index (κ1) is 17.2. The van der Waals surface area contributed by atoms with Gasteiger partial charge in [-0.3, -0.25) is 14.9 Å². The molecule has 0 unspecified atom stereocenters. The number of nitrogens with zero attached hydrogens (tertiary/aromatic N) is 1. The summed E-state index contributed by atoms with van der Waals surface area (Å²) in [4.78, 5) is 28.6. The number of esters is 1. The van der Waals surface area contributed by atoms with Crippen molar-refractivity contribution in [1.29, 1.82) is 0 Å². The fourth-order valence-electron chi connectivity index (χ4n) is 2.15. The Morgan fingerprint density at radius 3 is 2.52 bits per heavy atom. The van der Waals surface area contributed by atoms with Gasteiger partial charge in [-0.2, -0.15) is 0 Å². The highest BCUT2D eigenvalue weighted by Crippen LogP contribution is 2.24. The first-order chi connectivity index (χ1) is 12.1. The molecule has 1 aromatic heterocycles. The number of ether oxygens (including phenoxy) is 1. The third-order valence-corrected chi connectivity index (χ3v) is 4.37. The number of hydrogen-bond donors (Lipinski definition) is 2. The van der Waals surface area contributed by atoms with Gasteiger partial charge in [0.25, 0.3) is 5.91 Å². The van der Waals surface area contributed by atoms with E-state index in [0.29, 0.717) is 9.34 Å². The Morgan fingerprint density at radius 2 is 1.80 bits per heavy atom. The van der Waals surface area contributed by atoms with Gasteiger partial charge in [0, 0.05) is 0 Å². The van der Waals surface area contributed by atoms with Gasteiger partial charge >= 0.3 is 5.97 Å². The van der Waals surface area contributed by atoms with Crippen LogP contribution in [0.5, 0.6) is 5.75 Å². The molecular formula is C18H14N2O3S2. The van der Waals surface area contributed by atoms with Gasteiger partial charge < -0.3 is 4.74 Å². The lowest BCUT2D eigenvalue weighted by molar-refractivity contribution is -0.133. The Hall–Kier alpha value is -2.64. The molecule has 0 bridgehead atoms. The maximum Gasteiger partial charge on any atom is 0.315 e. The van der Waals surface area contributed by atoms with E-state index in [1.165, 1.54) is 11.3 Å². The molecule has 0 saturated carbocycles. The third-order valence-electron chi connectivity index (χ3n) is 3.26. The highest BCUT2D eigenvalue weighted by atomic mass is 32.2. The van der Waals surface area contributed by atoms with Gasteiger partial charge in [0.2, 0.25) is 0 Å². The summed E-state index contributed by atoms with van der Waals surface area (Å²) in [6, 6.07) is 15.9. The van der Waals surface area contributed by atoms with Crippen molar-refractivity contribution in [3.05, 3.63) is 71.9 Å². The number of hydrogen-bond acceptors (Lipinski definition) is 6. The average molecular weight is 370 g/mol. The molecule has 0 aliphatic carbocycles. The molecule has 3 rings (SSSR count). The van der Waals surface area contributed by atoms with Crippen molar-refractivity contribution >= 4 is 41.0 Å². The van der Waals surface area contributed by atoms with Gasteiger partial charge in [0.05, 0.1) is 22.4 Å². The molecule has 1 heterocycles. The van der Waals surface area contributed by atoms with E-state index >= 15 is 0 Å². The zero-order valence-corrected chi connectivity index (χ0v) is 14.7. The van der Waals surface area contributed by atoms with E-state index in [4.69, 9.17) is 4.74 Å². The molecule has 126 valence electrons. The molecule has 2 aromatic carbocycles. The summed E-state index contributed by atoms with van der Waals surface area (Å²) in [7, 11) is 0. The maximum atomic E-state index is 12.4. The summed E-state index contributed by atoms with van der Waals surface area (Å²) in [6.45, 7) is 0. The Bertz CT molecular complexity index is 894. The van der Waals surface area contributed by atoms with Crippen LogP contribution in [0, 0.1) is 0 Å². The molecule has 0 saturated heterocycles. The molecule has 0 fully saturated rings. The predicted molar refractivity (Wildman–Crippen MR) is 99.5 cm³/mol. The Balaban J connectivity index is 1.72. The van der Waals surface area contributed by atoms with Crippen molar-refractivity contribution in [2.75, 3.05) is 5.32 Å². The predicted octanol–water partition coefficient (Wildman–Crippen LogP) is 3.83. The van der Waals surface area contributed by atoms with Crippen molar-refractivity contribution in [3.8, 4) is 5.75 Å². The van der Waals surface area contributed by atoms with Crippen LogP contribution < -0.4 is 10.1 Å². The standard InChI is InChI=1S/C18H14N2O3S2/c21-15(10-12-6-2-1-3-7-12)23-14-9-5-4-8-13(14)17(22)20-18-19-11-16(24)25-18/h1-9,11,24H,10H2,(H,19,20,22). The summed E-state index contributed by atoms with van der Waals surface area (Å²) in [5.74, 6) is -0.618. The molecule has 25 heavy (non-hydrogen) atoms. The summed E-state index contributed by atoms with van der Waals surface area (Å²) >= 11 is 5.41. The molecule has 5 nitrogen and oxygen atoms in total. The minimum absolute atomic E-state index is 0.131. The van der Waals surface area contributed by atoms with E-state index in [2.05, 4.69) is 22.9 Å². The fourth-order valence-corrected chi connectivity index (χ4v) is 3.02. The highest BCUT2D eigenvalue weighted by Gasteiger charge is 2.16. The van der Waals surface area contributed by atoms with Crippen molar-refractivity contribution in [2.24, 2.45) is 0 Å². The van der Waals surface area contributed by atoms with Crippen molar-refractivity contribution < 1.29 is 14.3 Å². The summed E-state index contributed by atoms with van der Waals surface area (Å²) in [6.07, 6.45) is 1.68. The highest BCUT2D eigenvalue weighted by molar-refractivity contribution is 7.83. The number of para-hydroxylation sites is 1. The molecule has 1 amide bonds. The number of rotatable bonds is 5. The van der Waals surface area contributed by atoms with E-state index < -0.39 is 11.9 Å². The zero-order valence-electron chi connectivity index (χ0n) is 13.0. The second kappa shape index (κ2) is 7.96. The van der Waals surface area contributed by atoms with Crippen LogP contribution in [0.15, 0.2) is 65.0 Å². The SMILES string of the molecule is O=C(Cc1ccccc1)Oc1ccccc1C(=O)Nc1ncc(S)s1. The molecule has 0 atom stereocenters. The number of thiol groups is 1. The number of carbonyl (C=O) groups is 2. The van der Waals surface area contributed by atoms with Crippen LogP contribution in [0.25, 0.3) is 0 Å². The smallest absolute Gasteiger partial charge is 0.315 e. The molecule has 0 aliphatic heterocycles. The number of benzene rings is 2. The molecule has 0 radical (unpaired) electrons. The van der Waals surface area contributed by atoms with Crippen LogP contribution in [0.1, 0.15) is 15.9 Å². The Labute approximate surface area is 154 Å². The van der Waals surface area contributed by atoms with Crippen LogP contribution in [-0.2, 0) is 11.2 Å². The molecular weight excluding hydrogens is 356 g/mol. The van der Waals surface area contributed by atoms with Crippen molar-refractivity contribution in [2.45, 2.75) is 10.6 Å². The van der Waals surface area contributed by atoms with E-state index in [-0.39, 0.29) is 17.7 Å². The van der Waals surface area contributed by atoms with Crippen molar-refractivity contribution in [1.82, 2.24) is 4.98 Å².